The molecular weight excluding hydrogens is 608 g/mol. The van der Waals surface area contributed by atoms with E-state index < -0.39 is 63.7 Å². The third-order valence-electron chi connectivity index (χ3n) is 12.5. The largest absolute Gasteiger partial charge is 0.458 e. The van der Waals surface area contributed by atoms with Gasteiger partial charge in [0.2, 0.25) is 0 Å². The summed E-state index contributed by atoms with van der Waals surface area (Å²) in [6, 6.07) is 0. The molecule has 2 saturated carbocycles. The van der Waals surface area contributed by atoms with E-state index in [4.69, 9.17) is 9.47 Å². The van der Waals surface area contributed by atoms with E-state index in [-0.39, 0.29) is 31.8 Å². The molecule has 4 rings (SSSR count). The first kappa shape index (κ1) is 38.8. The first-order valence-electron chi connectivity index (χ1n) is 19.2. The van der Waals surface area contributed by atoms with Crippen molar-refractivity contribution in [2.24, 2.45) is 29.1 Å². The highest BCUT2D eigenvalue weighted by Gasteiger charge is 2.87. The van der Waals surface area contributed by atoms with Crippen molar-refractivity contribution in [2.45, 2.75) is 174 Å². The predicted molar refractivity (Wildman–Crippen MR) is 186 cm³/mol. The van der Waals surface area contributed by atoms with Gasteiger partial charge in [0.15, 0.2) is 11.4 Å². The molecule has 8 atom stereocenters. The van der Waals surface area contributed by atoms with Crippen molar-refractivity contribution in [1.82, 2.24) is 0 Å². The lowest BCUT2D eigenvalue weighted by atomic mass is 9.59. The Morgan fingerprint density at radius 2 is 1.35 bits per heavy atom. The van der Waals surface area contributed by atoms with Gasteiger partial charge in [-0.2, -0.15) is 0 Å². The summed E-state index contributed by atoms with van der Waals surface area (Å²) < 4.78 is 12.8. The minimum atomic E-state index is -1.93. The molecule has 3 N–H and O–H groups in total. The smallest absolute Gasteiger partial charge is 0.306 e. The van der Waals surface area contributed by atoms with Crippen LogP contribution in [-0.4, -0.2) is 62.6 Å². The molecule has 0 aliphatic heterocycles. The molecule has 5 unspecified atom stereocenters. The number of fused-ring (bicyclic) bond motifs is 5. The molecule has 0 heterocycles. The molecule has 0 spiro atoms. The van der Waals surface area contributed by atoms with Crippen molar-refractivity contribution < 1.29 is 39.2 Å². The Morgan fingerprint density at radius 3 is 1.90 bits per heavy atom. The van der Waals surface area contributed by atoms with Crippen LogP contribution in [0.25, 0.3) is 0 Å². The monoisotopic (exact) mass is 672 g/mol. The average Bonchev–Trinajstić information content (AvgIpc) is 3.47. The number of ketones is 1. The molecule has 0 aromatic carbocycles. The van der Waals surface area contributed by atoms with Crippen LogP contribution in [0.2, 0.25) is 0 Å². The molecule has 4 aliphatic carbocycles. The van der Waals surface area contributed by atoms with Crippen LogP contribution in [0, 0.1) is 29.1 Å². The van der Waals surface area contributed by atoms with Gasteiger partial charge in [-0.15, -0.1) is 0 Å². The fraction of sp³-hybridized carbons (Fsp3) is 0.825. The molecule has 0 aromatic rings. The van der Waals surface area contributed by atoms with Gasteiger partial charge in [0.1, 0.15) is 11.7 Å². The fourth-order valence-electron chi connectivity index (χ4n) is 9.72. The number of esters is 2. The van der Waals surface area contributed by atoms with Gasteiger partial charge in [-0.05, 0) is 30.9 Å². The Labute approximate surface area is 289 Å². The van der Waals surface area contributed by atoms with Gasteiger partial charge in [0.05, 0.1) is 12.2 Å². The first-order chi connectivity index (χ1) is 22.8. The third kappa shape index (κ3) is 7.10. The lowest BCUT2D eigenvalue weighted by Crippen LogP contribution is -2.66. The van der Waals surface area contributed by atoms with Crippen molar-refractivity contribution in [3.05, 3.63) is 23.3 Å². The van der Waals surface area contributed by atoms with Gasteiger partial charge in [-0.3, -0.25) is 14.4 Å². The first-order valence-corrected chi connectivity index (χ1v) is 19.2. The molecule has 4 aliphatic rings. The summed E-state index contributed by atoms with van der Waals surface area (Å²) in [5.74, 6) is -4.11. The van der Waals surface area contributed by atoms with E-state index in [1.807, 2.05) is 13.8 Å². The van der Waals surface area contributed by atoms with Crippen LogP contribution in [0.1, 0.15) is 151 Å². The lowest BCUT2D eigenvalue weighted by Gasteiger charge is -2.53. The van der Waals surface area contributed by atoms with Crippen molar-refractivity contribution in [3.63, 3.8) is 0 Å². The third-order valence-corrected chi connectivity index (χ3v) is 12.5. The van der Waals surface area contributed by atoms with E-state index in [0.29, 0.717) is 24.0 Å². The van der Waals surface area contributed by atoms with Gasteiger partial charge in [0, 0.05) is 48.3 Å². The van der Waals surface area contributed by atoms with E-state index in [1.54, 1.807) is 26.0 Å². The van der Waals surface area contributed by atoms with Crippen molar-refractivity contribution >= 4 is 17.7 Å². The Bertz CT molecular complexity index is 1220. The maximum atomic E-state index is 13.6. The van der Waals surface area contributed by atoms with Crippen LogP contribution >= 0.6 is 0 Å². The Balaban J connectivity index is 1.62. The Kier molecular flexibility index (Phi) is 12.8. The summed E-state index contributed by atoms with van der Waals surface area (Å²) >= 11 is 0. The van der Waals surface area contributed by atoms with Gasteiger partial charge in [0.25, 0.3) is 0 Å². The summed E-state index contributed by atoms with van der Waals surface area (Å²) in [7, 11) is 0. The van der Waals surface area contributed by atoms with Gasteiger partial charge in [-0.1, -0.05) is 124 Å². The SMILES string of the molecule is CCCCCCCCCC(=O)OC1C(C)[C@@]2(O)C(C=C(CO)C[C@@]3(O)C(=O)C(C)=CC23)C2C(C)(C)[C@]12OC(=O)CCCCCCCCC. The summed E-state index contributed by atoms with van der Waals surface area (Å²) in [5, 5.41) is 35.3. The summed E-state index contributed by atoms with van der Waals surface area (Å²) in [5.41, 5.74) is -4.71. The molecule has 0 amide bonds. The van der Waals surface area contributed by atoms with Crippen molar-refractivity contribution in [1.29, 1.82) is 0 Å². The fourth-order valence-corrected chi connectivity index (χ4v) is 9.72. The van der Waals surface area contributed by atoms with E-state index in [9.17, 15) is 29.7 Å². The summed E-state index contributed by atoms with van der Waals surface area (Å²) in [6.45, 7) is 11.4. The van der Waals surface area contributed by atoms with Gasteiger partial charge in [-0.25, -0.2) is 0 Å². The molecule has 0 radical (unpaired) electrons. The molecule has 0 bridgehead atoms. The van der Waals surface area contributed by atoms with Crippen LogP contribution in [-0.2, 0) is 23.9 Å². The average molecular weight is 673 g/mol. The highest BCUT2D eigenvalue weighted by atomic mass is 16.6. The number of carbonyl (C=O) groups excluding carboxylic acids is 3. The topological polar surface area (TPSA) is 130 Å². The zero-order valence-electron chi connectivity index (χ0n) is 30.7. The number of ether oxygens (including phenoxy) is 2. The molecule has 272 valence electrons. The van der Waals surface area contributed by atoms with Gasteiger partial charge < -0.3 is 24.8 Å². The van der Waals surface area contributed by atoms with Crippen LogP contribution in [0.5, 0.6) is 0 Å². The molecular formula is C40H64O8. The maximum absolute atomic E-state index is 13.6. The quantitative estimate of drug-likeness (QED) is 0.0740. The standard InChI is InChI=1S/C40H64O8/c1-7-9-11-13-15-17-19-21-32(42)47-36-28(4)39(46)30(24-29(26-41)25-38(45)31(39)23-27(3)35(38)44)34-37(5,6)40(34,36)48-33(43)22-20-18-16-14-12-10-8-2/h23-24,28,30-31,34,36,41,45-46H,7-22,25-26H2,1-6H3/t28?,30?,31?,34?,36?,38-,39+,40+/m0/s1. The molecule has 2 fully saturated rings. The lowest BCUT2D eigenvalue weighted by molar-refractivity contribution is -0.229. The van der Waals surface area contributed by atoms with E-state index in [1.165, 1.54) is 38.5 Å². The second-order valence-electron chi connectivity index (χ2n) is 16.1. The minimum Gasteiger partial charge on any atom is -0.458 e. The number of rotatable bonds is 19. The number of carbonyl (C=O) groups is 3. The minimum absolute atomic E-state index is 0.104. The summed E-state index contributed by atoms with van der Waals surface area (Å²) in [4.78, 5) is 40.6. The van der Waals surface area contributed by atoms with Crippen LogP contribution in [0.3, 0.4) is 0 Å². The number of Topliss-reactive ketones (excluding diaryl/α,β-unsaturated/α-hetero) is 1. The maximum Gasteiger partial charge on any atom is 0.306 e. The second-order valence-corrected chi connectivity index (χ2v) is 16.1. The molecule has 0 aromatic heterocycles. The zero-order valence-corrected chi connectivity index (χ0v) is 30.7. The van der Waals surface area contributed by atoms with Crippen LogP contribution < -0.4 is 0 Å². The van der Waals surface area contributed by atoms with Crippen LogP contribution in [0.4, 0.5) is 0 Å². The van der Waals surface area contributed by atoms with E-state index in [0.717, 1.165) is 38.5 Å². The van der Waals surface area contributed by atoms with Crippen LogP contribution in [0.15, 0.2) is 23.3 Å². The van der Waals surface area contributed by atoms with Crippen molar-refractivity contribution in [3.8, 4) is 0 Å². The molecule has 8 heteroatoms. The number of aliphatic hydroxyl groups excluding tert-OH is 1. The number of aliphatic hydroxyl groups is 3. The van der Waals surface area contributed by atoms with Crippen molar-refractivity contribution in [2.75, 3.05) is 6.61 Å². The second kappa shape index (κ2) is 15.9. The highest BCUT2D eigenvalue weighted by molar-refractivity contribution is 6.04. The van der Waals surface area contributed by atoms with E-state index in [2.05, 4.69) is 13.8 Å². The normalized spacial score (nSPS) is 34.7. The van der Waals surface area contributed by atoms with Gasteiger partial charge >= 0.3 is 11.9 Å². The van der Waals surface area contributed by atoms with E-state index >= 15 is 0 Å². The Morgan fingerprint density at radius 1 is 0.833 bits per heavy atom. The number of hydrogen-bond donors (Lipinski definition) is 3. The Hall–Kier alpha value is -2.03. The number of hydrogen-bond acceptors (Lipinski definition) is 8. The zero-order chi connectivity index (χ0) is 35.3. The predicted octanol–water partition coefficient (Wildman–Crippen LogP) is 7.31. The molecule has 48 heavy (non-hydrogen) atoms. The highest BCUT2D eigenvalue weighted by Crippen LogP contribution is 2.77. The molecule has 8 nitrogen and oxygen atoms in total. The number of unbranched alkanes of at least 4 members (excludes halogenated alkanes) is 12. The molecule has 0 saturated heterocycles. The summed E-state index contributed by atoms with van der Waals surface area (Å²) in [6.07, 6.45) is 17.8.